The van der Waals surface area contributed by atoms with Crippen molar-refractivity contribution in [1.29, 1.82) is 0 Å². The number of urea groups is 1. The molecule has 2 aromatic heterocycles. The Bertz CT molecular complexity index is 1250. The van der Waals surface area contributed by atoms with E-state index in [0.717, 1.165) is 16.0 Å². The molecule has 31 heavy (non-hydrogen) atoms. The standard InChI is InChI=1S/C24H26N4O3/c1-15-6-11-19-25-18(12-20(29)27(19)13-15)14-28-21(30)24(5,26-22(28)31)17-9-7-16(8-10-17)23(2,3)4/h6-13H,14H2,1-5H3,(H,26,31). The Morgan fingerprint density at radius 1 is 1.03 bits per heavy atom. The molecule has 160 valence electrons. The van der Waals surface area contributed by atoms with Crippen LogP contribution in [0.2, 0.25) is 0 Å². The molecule has 1 saturated heterocycles. The number of aryl methyl sites for hydroxylation is 1. The predicted octanol–water partition coefficient (Wildman–Crippen LogP) is 3.27. The number of aromatic nitrogens is 2. The van der Waals surface area contributed by atoms with Gasteiger partial charge in [-0.2, -0.15) is 0 Å². The van der Waals surface area contributed by atoms with Gasteiger partial charge in [0.25, 0.3) is 11.5 Å². The van der Waals surface area contributed by atoms with Gasteiger partial charge in [-0.1, -0.05) is 51.1 Å². The molecule has 1 N–H and O–H groups in total. The van der Waals surface area contributed by atoms with Gasteiger partial charge >= 0.3 is 6.03 Å². The van der Waals surface area contributed by atoms with E-state index in [-0.39, 0.29) is 23.4 Å². The van der Waals surface area contributed by atoms with Gasteiger partial charge in [-0.05, 0) is 42.0 Å². The van der Waals surface area contributed by atoms with Crippen molar-refractivity contribution in [2.24, 2.45) is 0 Å². The summed E-state index contributed by atoms with van der Waals surface area (Å²) in [5, 5.41) is 2.81. The maximum atomic E-state index is 13.2. The lowest BCUT2D eigenvalue weighted by atomic mass is 9.84. The van der Waals surface area contributed by atoms with Crippen LogP contribution in [0.5, 0.6) is 0 Å². The van der Waals surface area contributed by atoms with Gasteiger partial charge in [-0.25, -0.2) is 9.78 Å². The number of amides is 3. The zero-order valence-electron chi connectivity index (χ0n) is 18.4. The monoisotopic (exact) mass is 418 g/mol. The average molecular weight is 418 g/mol. The maximum absolute atomic E-state index is 13.2. The van der Waals surface area contributed by atoms with E-state index in [0.29, 0.717) is 16.9 Å². The fourth-order valence-electron chi connectivity index (χ4n) is 3.84. The average Bonchev–Trinajstić information content (AvgIpc) is 2.92. The topological polar surface area (TPSA) is 83.8 Å². The molecule has 1 atom stereocenters. The first-order valence-electron chi connectivity index (χ1n) is 10.2. The summed E-state index contributed by atoms with van der Waals surface area (Å²) in [7, 11) is 0. The molecule has 0 saturated carbocycles. The second kappa shape index (κ2) is 7.04. The fraction of sp³-hybridized carbons (Fsp3) is 0.333. The van der Waals surface area contributed by atoms with Crippen molar-refractivity contribution in [1.82, 2.24) is 19.6 Å². The lowest BCUT2D eigenvalue weighted by Gasteiger charge is -2.24. The lowest BCUT2D eigenvalue weighted by Crippen LogP contribution is -2.41. The Kier molecular flexibility index (Phi) is 4.72. The number of imide groups is 1. The Hall–Kier alpha value is -3.48. The molecule has 7 heteroatoms. The number of benzene rings is 1. The molecule has 0 spiro atoms. The van der Waals surface area contributed by atoms with Crippen LogP contribution in [0.15, 0.2) is 53.5 Å². The highest BCUT2D eigenvalue weighted by molar-refractivity contribution is 6.07. The van der Waals surface area contributed by atoms with E-state index in [4.69, 9.17) is 0 Å². The molecule has 1 aliphatic heterocycles. The molecule has 4 rings (SSSR count). The summed E-state index contributed by atoms with van der Waals surface area (Å²) >= 11 is 0. The number of hydrogen-bond donors (Lipinski definition) is 1. The zero-order chi connectivity index (χ0) is 22.6. The minimum atomic E-state index is -1.17. The molecule has 0 radical (unpaired) electrons. The summed E-state index contributed by atoms with van der Waals surface area (Å²) in [6.45, 7) is 9.88. The summed E-state index contributed by atoms with van der Waals surface area (Å²) in [4.78, 5) is 44.0. The van der Waals surface area contributed by atoms with E-state index in [2.05, 4.69) is 31.1 Å². The SMILES string of the molecule is Cc1ccc2nc(CN3C(=O)NC(C)(c4ccc(C(C)(C)C)cc4)C3=O)cc(=O)n2c1. The third kappa shape index (κ3) is 3.60. The normalized spacial score (nSPS) is 19.2. The van der Waals surface area contributed by atoms with Crippen molar-refractivity contribution in [2.45, 2.75) is 52.1 Å². The van der Waals surface area contributed by atoms with E-state index >= 15 is 0 Å². The van der Waals surface area contributed by atoms with Gasteiger partial charge in [0.15, 0.2) is 0 Å². The van der Waals surface area contributed by atoms with Crippen molar-refractivity contribution in [3.8, 4) is 0 Å². The van der Waals surface area contributed by atoms with E-state index < -0.39 is 11.6 Å². The molecule has 0 bridgehead atoms. The number of nitrogens with one attached hydrogen (secondary N) is 1. The van der Waals surface area contributed by atoms with Crippen molar-refractivity contribution in [3.63, 3.8) is 0 Å². The van der Waals surface area contributed by atoms with Crippen LogP contribution >= 0.6 is 0 Å². The predicted molar refractivity (Wildman–Crippen MR) is 118 cm³/mol. The molecule has 1 fully saturated rings. The molecule has 1 aliphatic rings. The highest BCUT2D eigenvalue weighted by Crippen LogP contribution is 2.31. The third-order valence-electron chi connectivity index (χ3n) is 5.78. The minimum absolute atomic E-state index is 0.0112. The summed E-state index contributed by atoms with van der Waals surface area (Å²) in [6, 6.07) is 12.2. The van der Waals surface area contributed by atoms with Gasteiger partial charge in [0.2, 0.25) is 0 Å². The first-order chi connectivity index (χ1) is 14.5. The van der Waals surface area contributed by atoms with Crippen LogP contribution in [0.1, 0.15) is 50.1 Å². The first-order valence-corrected chi connectivity index (χ1v) is 10.2. The summed E-state index contributed by atoms with van der Waals surface area (Å²) in [6.07, 6.45) is 1.71. The first kappa shape index (κ1) is 20.8. The quantitative estimate of drug-likeness (QED) is 0.662. The van der Waals surface area contributed by atoms with Gasteiger partial charge in [-0.15, -0.1) is 0 Å². The fourth-order valence-corrected chi connectivity index (χ4v) is 3.84. The van der Waals surface area contributed by atoms with Crippen LogP contribution in [0.25, 0.3) is 5.65 Å². The molecule has 1 aromatic carbocycles. The number of hydrogen-bond acceptors (Lipinski definition) is 4. The Morgan fingerprint density at radius 3 is 2.35 bits per heavy atom. The van der Waals surface area contributed by atoms with Crippen molar-refractivity contribution in [3.05, 3.63) is 81.4 Å². The summed E-state index contributed by atoms with van der Waals surface area (Å²) in [5.74, 6) is -0.369. The molecule has 3 aromatic rings. The zero-order valence-corrected chi connectivity index (χ0v) is 18.4. The Labute approximate surface area is 180 Å². The number of carbonyl (C=O) groups is 2. The van der Waals surface area contributed by atoms with Crippen molar-refractivity contribution < 1.29 is 9.59 Å². The highest BCUT2D eigenvalue weighted by atomic mass is 16.2. The summed E-state index contributed by atoms with van der Waals surface area (Å²) in [5.41, 5.74) is 2.19. The molecule has 1 unspecified atom stereocenters. The van der Waals surface area contributed by atoms with E-state index in [1.54, 1.807) is 19.2 Å². The van der Waals surface area contributed by atoms with Crippen LogP contribution in [-0.2, 0) is 22.3 Å². The van der Waals surface area contributed by atoms with E-state index in [1.165, 1.54) is 10.5 Å². The molecular weight excluding hydrogens is 392 g/mol. The molecule has 0 aliphatic carbocycles. The van der Waals surface area contributed by atoms with E-state index in [9.17, 15) is 14.4 Å². The second-order valence-electron chi connectivity index (χ2n) is 9.29. The van der Waals surface area contributed by atoms with Crippen molar-refractivity contribution >= 4 is 17.6 Å². The van der Waals surface area contributed by atoms with Crippen LogP contribution in [-0.4, -0.2) is 26.2 Å². The number of pyridine rings is 1. The minimum Gasteiger partial charge on any atom is -0.319 e. The summed E-state index contributed by atoms with van der Waals surface area (Å²) < 4.78 is 1.45. The van der Waals surface area contributed by atoms with Gasteiger partial charge < -0.3 is 5.32 Å². The largest absolute Gasteiger partial charge is 0.325 e. The second-order valence-corrected chi connectivity index (χ2v) is 9.29. The van der Waals surface area contributed by atoms with Crippen LogP contribution in [0.3, 0.4) is 0 Å². The van der Waals surface area contributed by atoms with Crippen LogP contribution in [0, 0.1) is 6.92 Å². The molecule has 3 heterocycles. The third-order valence-corrected chi connectivity index (χ3v) is 5.78. The number of fused-ring (bicyclic) bond motifs is 1. The van der Waals surface area contributed by atoms with Crippen LogP contribution in [0.4, 0.5) is 4.79 Å². The van der Waals surface area contributed by atoms with Gasteiger partial charge in [-0.3, -0.25) is 18.9 Å². The van der Waals surface area contributed by atoms with Gasteiger partial charge in [0.1, 0.15) is 11.2 Å². The van der Waals surface area contributed by atoms with Crippen molar-refractivity contribution in [2.75, 3.05) is 0 Å². The lowest BCUT2D eigenvalue weighted by molar-refractivity contribution is -0.131. The number of carbonyl (C=O) groups excluding carboxylic acids is 2. The van der Waals surface area contributed by atoms with E-state index in [1.807, 2.05) is 37.3 Å². The van der Waals surface area contributed by atoms with Gasteiger partial charge in [0.05, 0.1) is 12.2 Å². The van der Waals surface area contributed by atoms with Crippen LogP contribution < -0.4 is 10.9 Å². The Morgan fingerprint density at radius 2 is 1.71 bits per heavy atom. The number of nitrogens with zero attached hydrogens (tertiary/aromatic N) is 3. The Balaban J connectivity index is 1.63. The highest BCUT2D eigenvalue weighted by Gasteiger charge is 2.49. The van der Waals surface area contributed by atoms with Gasteiger partial charge in [0, 0.05) is 12.3 Å². The number of rotatable bonds is 3. The maximum Gasteiger partial charge on any atom is 0.325 e. The molecular formula is C24H26N4O3. The molecule has 7 nitrogen and oxygen atoms in total. The smallest absolute Gasteiger partial charge is 0.319 e. The molecule has 3 amide bonds.